The van der Waals surface area contributed by atoms with Gasteiger partial charge in [0, 0.05) is 22.4 Å². The zero-order valence-electron chi connectivity index (χ0n) is 19.9. The molecule has 0 spiro atoms. The van der Waals surface area contributed by atoms with E-state index in [4.69, 9.17) is 9.47 Å². The Morgan fingerprint density at radius 2 is 1.85 bits per heavy atom. The van der Waals surface area contributed by atoms with Crippen molar-refractivity contribution in [3.63, 3.8) is 0 Å². The number of aryl methyl sites for hydroxylation is 1. The van der Waals surface area contributed by atoms with Gasteiger partial charge in [-0.3, -0.25) is 0 Å². The van der Waals surface area contributed by atoms with E-state index >= 15 is 0 Å². The van der Waals surface area contributed by atoms with Gasteiger partial charge < -0.3 is 19.9 Å². The van der Waals surface area contributed by atoms with Crippen LogP contribution in [-0.2, 0) is 0 Å². The summed E-state index contributed by atoms with van der Waals surface area (Å²) in [7, 11) is 1.54. The lowest BCUT2D eigenvalue weighted by atomic mass is 9.82. The number of phenols is 1. The molecule has 170 valence electrons. The number of allylic oxidation sites excluding steroid dienone is 1. The SMILES string of the molecule is COc1c(O)ccc2c1-c1ccc3c(c1C(=Cc1cccc(C)c1C#N)O2)C(C)=CC(C)(C)N3. The smallest absolute Gasteiger partial charge is 0.172 e. The van der Waals surface area contributed by atoms with Crippen LogP contribution < -0.4 is 14.8 Å². The standard InChI is InChI=1S/C29H26N2O3/c1-16-7-6-8-18(20(16)15-30)13-24-26-19(27-23(34-24)12-11-22(32)28(27)33-5)9-10-21-25(26)17(2)14-29(3,4)31-21/h6-14,31-32H,1-5H3. The van der Waals surface area contributed by atoms with Gasteiger partial charge in [0.1, 0.15) is 17.6 Å². The number of hydrogen-bond acceptors (Lipinski definition) is 5. The molecule has 0 radical (unpaired) electrons. The molecule has 34 heavy (non-hydrogen) atoms. The first-order valence-electron chi connectivity index (χ1n) is 11.2. The first kappa shape index (κ1) is 21.7. The minimum atomic E-state index is -0.191. The quantitative estimate of drug-likeness (QED) is 0.452. The van der Waals surface area contributed by atoms with Gasteiger partial charge in [-0.05, 0) is 68.7 Å². The summed E-state index contributed by atoms with van der Waals surface area (Å²) in [6.45, 7) is 8.30. The van der Waals surface area contributed by atoms with Crippen LogP contribution >= 0.6 is 0 Å². The van der Waals surface area contributed by atoms with Gasteiger partial charge in [0.05, 0.1) is 23.8 Å². The Balaban J connectivity index is 1.86. The molecule has 0 amide bonds. The van der Waals surface area contributed by atoms with E-state index < -0.39 is 0 Å². The molecule has 5 nitrogen and oxygen atoms in total. The van der Waals surface area contributed by atoms with Crippen LogP contribution in [0.4, 0.5) is 5.69 Å². The van der Waals surface area contributed by atoms with Crippen molar-refractivity contribution < 1.29 is 14.6 Å². The predicted octanol–water partition coefficient (Wildman–Crippen LogP) is 6.75. The highest BCUT2D eigenvalue weighted by Crippen LogP contribution is 2.54. The van der Waals surface area contributed by atoms with E-state index in [-0.39, 0.29) is 11.3 Å². The van der Waals surface area contributed by atoms with E-state index in [0.29, 0.717) is 28.4 Å². The van der Waals surface area contributed by atoms with Crippen LogP contribution in [0, 0.1) is 18.3 Å². The summed E-state index contributed by atoms with van der Waals surface area (Å²) in [4.78, 5) is 0. The van der Waals surface area contributed by atoms with Gasteiger partial charge in [0.2, 0.25) is 0 Å². The van der Waals surface area contributed by atoms with E-state index in [1.807, 2.05) is 37.3 Å². The number of nitriles is 1. The minimum Gasteiger partial charge on any atom is -0.504 e. The first-order valence-corrected chi connectivity index (χ1v) is 11.2. The van der Waals surface area contributed by atoms with E-state index in [9.17, 15) is 10.4 Å². The summed E-state index contributed by atoms with van der Waals surface area (Å²) in [6, 6.07) is 15.5. The Labute approximate surface area is 199 Å². The number of benzene rings is 3. The van der Waals surface area contributed by atoms with Crippen LogP contribution in [-0.4, -0.2) is 17.8 Å². The Kier molecular flexibility index (Phi) is 4.91. The molecule has 0 aromatic heterocycles. The molecule has 0 fully saturated rings. The van der Waals surface area contributed by atoms with Gasteiger partial charge in [-0.1, -0.05) is 30.3 Å². The zero-order valence-corrected chi connectivity index (χ0v) is 19.9. The van der Waals surface area contributed by atoms with Gasteiger partial charge >= 0.3 is 0 Å². The van der Waals surface area contributed by atoms with Crippen LogP contribution in [0.15, 0.2) is 48.5 Å². The van der Waals surface area contributed by atoms with Crippen molar-refractivity contribution in [2.75, 3.05) is 12.4 Å². The largest absolute Gasteiger partial charge is 0.504 e. The molecule has 0 aliphatic carbocycles. The molecule has 2 heterocycles. The van der Waals surface area contributed by atoms with Crippen LogP contribution in [0.2, 0.25) is 0 Å². The van der Waals surface area contributed by atoms with Crippen molar-refractivity contribution in [3.8, 4) is 34.4 Å². The first-order chi connectivity index (χ1) is 16.2. The normalized spacial score (nSPS) is 16.2. The maximum atomic E-state index is 10.5. The molecule has 3 aromatic rings. The summed E-state index contributed by atoms with van der Waals surface area (Å²) in [5.74, 6) is 1.66. The second kappa shape index (κ2) is 7.71. The molecule has 0 atom stereocenters. The predicted molar refractivity (Wildman–Crippen MR) is 136 cm³/mol. The minimum absolute atomic E-state index is 0.0536. The van der Waals surface area contributed by atoms with Crippen molar-refractivity contribution in [1.82, 2.24) is 0 Å². The number of ether oxygens (including phenoxy) is 2. The number of rotatable bonds is 2. The molecular weight excluding hydrogens is 424 g/mol. The zero-order chi connectivity index (χ0) is 24.2. The Morgan fingerprint density at radius 1 is 1.06 bits per heavy atom. The van der Waals surface area contributed by atoms with Gasteiger partial charge in [0.25, 0.3) is 0 Å². The Bertz CT molecular complexity index is 1460. The van der Waals surface area contributed by atoms with Gasteiger partial charge in [-0.25, -0.2) is 0 Å². The Morgan fingerprint density at radius 3 is 2.59 bits per heavy atom. The molecule has 5 rings (SSSR count). The number of nitrogens with one attached hydrogen (secondary N) is 1. The van der Waals surface area contributed by atoms with Crippen molar-refractivity contribution in [2.45, 2.75) is 33.2 Å². The summed E-state index contributed by atoms with van der Waals surface area (Å²) < 4.78 is 12.1. The molecule has 0 unspecified atom stereocenters. The maximum absolute atomic E-state index is 10.5. The third-order valence-electron chi connectivity index (χ3n) is 6.38. The van der Waals surface area contributed by atoms with Crippen molar-refractivity contribution >= 4 is 23.1 Å². The molecule has 0 saturated heterocycles. The van der Waals surface area contributed by atoms with Gasteiger partial charge in [-0.15, -0.1) is 0 Å². The second-order valence-corrected chi connectivity index (χ2v) is 9.34. The highest BCUT2D eigenvalue weighted by Gasteiger charge is 2.33. The summed E-state index contributed by atoms with van der Waals surface area (Å²) in [5, 5.41) is 23.9. The fourth-order valence-electron chi connectivity index (χ4n) is 5.05. The molecular formula is C29H26N2O3. The lowest BCUT2D eigenvalue weighted by Crippen LogP contribution is -2.32. The molecule has 2 aliphatic rings. The molecule has 0 bridgehead atoms. The highest BCUT2D eigenvalue weighted by molar-refractivity contribution is 6.02. The molecule has 0 saturated carbocycles. The lowest BCUT2D eigenvalue weighted by molar-refractivity contribution is 0.371. The average molecular weight is 451 g/mol. The molecule has 3 aromatic carbocycles. The third kappa shape index (κ3) is 3.31. The van der Waals surface area contributed by atoms with E-state index in [0.717, 1.165) is 39.1 Å². The van der Waals surface area contributed by atoms with Crippen molar-refractivity contribution in [1.29, 1.82) is 5.26 Å². The topological polar surface area (TPSA) is 74.5 Å². The van der Waals surface area contributed by atoms with E-state index in [2.05, 4.69) is 44.3 Å². The molecule has 2 aliphatic heterocycles. The molecule has 5 heteroatoms. The second-order valence-electron chi connectivity index (χ2n) is 9.34. The van der Waals surface area contributed by atoms with E-state index in [1.54, 1.807) is 19.2 Å². The lowest BCUT2D eigenvalue weighted by Gasteiger charge is -2.35. The van der Waals surface area contributed by atoms with Gasteiger partial charge in [0.15, 0.2) is 11.5 Å². The summed E-state index contributed by atoms with van der Waals surface area (Å²) >= 11 is 0. The van der Waals surface area contributed by atoms with E-state index in [1.165, 1.54) is 0 Å². The van der Waals surface area contributed by atoms with Crippen molar-refractivity contribution in [3.05, 3.63) is 76.4 Å². The van der Waals surface area contributed by atoms with Crippen molar-refractivity contribution in [2.24, 2.45) is 0 Å². The maximum Gasteiger partial charge on any atom is 0.172 e. The van der Waals surface area contributed by atoms with Crippen LogP contribution in [0.5, 0.6) is 17.2 Å². The van der Waals surface area contributed by atoms with Crippen LogP contribution in [0.3, 0.4) is 0 Å². The van der Waals surface area contributed by atoms with Crippen LogP contribution in [0.25, 0.3) is 28.5 Å². The average Bonchev–Trinajstić information content (AvgIpc) is 2.78. The fraction of sp³-hybridized carbons (Fsp3) is 0.207. The number of methoxy groups -OCH3 is 1. The summed E-state index contributed by atoms with van der Waals surface area (Å²) in [6.07, 6.45) is 4.13. The number of nitrogens with zero attached hydrogens (tertiary/aromatic N) is 1. The number of anilines is 1. The number of fused-ring (bicyclic) bond motifs is 5. The number of phenolic OH excluding ortho intramolecular Hbond substituents is 1. The third-order valence-corrected chi connectivity index (χ3v) is 6.38. The van der Waals surface area contributed by atoms with Gasteiger partial charge in [-0.2, -0.15) is 5.26 Å². The molecule has 2 N–H and O–H groups in total. The highest BCUT2D eigenvalue weighted by atomic mass is 16.5. The monoisotopic (exact) mass is 450 g/mol. The fourth-order valence-corrected chi connectivity index (χ4v) is 5.05. The van der Waals surface area contributed by atoms with Crippen LogP contribution in [0.1, 0.15) is 48.6 Å². The number of hydrogen-bond donors (Lipinski definition) is 2. The summed E-state index contributed by atoms with van der Waals surface area (Å²) in [5.41, 5.74) is 7.80. The Hall–Kier alpha value is -4.17. The number of aromatic hydroxyl groups is 1.